The lowest BCUT2D eigenvalue weighted by molar-refractivity contribution is -0.00787. The van der Waals surface area contributed by atoms with Gasteiger partial charge in [-0.05, 0) is 51.2 Å². The van der Waals surface area contributed by atoms with Gasteiger partial charge in [0.25, 0.3) is 11.1 Å². The third kappa shape index (κ3) is 6.63. The smallest absolute Gasteiger partial charge is 0.410 e. The lowest BCUT2D eigenvalue weighted by Crippen LogP contribution is -2.53. The largest absolute Gasteiger partial charge is 0.494 e. The second kappa shape index (κ2) is 10.9. The van der Waals surface area contributed by atoms with Gasteiger partial charge in [-0.1, -0.05) is 16.7 Å². The number of methoxy groups -OCH3 is 1. The molecule has 4 rings (SSSR count). The lowest BCUT2D eigenvalue weighted by atomic mass is 10.0. The summed E-state index contributed by atoms with van der Waals surface area (Å²) in [4.78, 5) is 35.1. The van der Waals surface area contributed by atoms with E-state index < -0.39 is 11.5 Å². The van der Waals surface area contributed by atoms with Crippen molar-refractivity contribution in [1.82, 2.24) is 25.1 Å². The number of nitrogens with one attached hydrogen (secondary N) is 1. The first-order valence-corrected chi connectivity index (χ1v) is 12.6. The number of rotatable bonds is 7. The van der Waals surface area contributed by atoms with Gasteiger partial charge in [0.05, 0.1) is 25.5 Å². The molecule has 13 heteroatoms. The topological polar surface area (TPSA) is 129 Å². The average Bonchev–Trinajstić information content (AvgIpc) is 3.23. The molecule has 1 aliphatic rings. The van der Waals surface area contributed by atoms with Crippen molar-refractivity contribution in [3.8, 4) is 22.1 Å². The van der Waals surface area contributed by atoms with Crippen LogP contribution in [0.4, 0.5) is 9.93 Å². The number of aromatic nitrogens is 4. The van der Waals surface area contributed by atoms with E-state index in [1.54, 1.807) is 17.0 Å². The molecule has 1 aliphatic heterocycles. The summed E-state index contributed by atoms with van der Waals surface area (Å²) in [6, 6.07) is 3.41. The molecule has 4 heterocycles. The number of likely N-dealkylation sites (tertiary alicyclic amines) is 1. The van der Waals surface area contributed by atoms with Crippen molar-refractivity contribution < 1.29 is 23.8 Å². The highest BCUT2D eigenvalue weighted by molar-refractivity contribution is 7.17. The molecule has 196 valence electrons. The maximum Gasteiger partial charge on any atom is 0.410 e. The molecule has 0 atom stereocenters. The molecule has 0 bridgehead atoms. The standard InChI is InChI=1S/C24H27ClN6O5S/c1-13-6-15(16-7-19(25)27-9-18(16)34-5)17(8-26-13)20(32)28-21-29-30-22(37-21)35-12-14-10-31(11-14)23(33)36-24(2,3)4/h6-9,14H,10-12H2,1-5H3,(H,28,29,32). The van der Waals surface area contributed by atoms with Crippen LogP contribution in [0, 0.1) is 12.8 Å². The van der Waals surface area contributed by atoms with E-state index in [0.717, 1.165) is 17.0 Å². The third-order valence-corrected chi connectivity index (χ3v) is 6.27. The second-order valence-electron chi connectivity index (χ2n) is 9.47. The molecule has 0 spiro atoms. The fourth-order valence-corrected chi connectivity index (χ4v) is 4.33. The predicted octanol–water partition coefficient (Wildman–Crippen LogP) is 4.46. The maximum atomic E-state index is 13.1. The summed E-state index contributed by atoms with van der Waals surface area (Å²) in [5, 5.41) is 11.6. The summed E-state index contributed by atoms with van der Waals surface area (Å²) in [6.07, 6.45) is 2.65. The van der Waals surface area contributed by atoms with E-state index in [2.05, 4.69) is 25.5 Å². The predicted molar refractivity (Wildman–Crippen MR) is 138 cm³/mol. The Kier molecular flexibility index (Phi) is 7.79. The highest BCUT2D eigenvalue weighted by Crippen LogP contribution is 2.34. The number of nitrogens with zero attached hydrogens (tertiary/aromatic N) is 5. The van der Waals surface area contributed by atoms with Crippen LogP contribution in [-0.4, -0.2) is 69.5 Å². The normalized spacial score (nSPS) is 13.6. The maximum absolute atomic E-state index is 13.1. The van der Waals surface area contributed by atoms with Gasteiger partial charge in [0.15, 0.2) is 0 Å². The Morgan fingerprint density at radius 1 is 1.16 bits per heavy atom. The Balaban J connectivity index is 1.37. The Hall–Kier alpha value is -3.51. The minimum atomic E-state index is -0.529. The molecule has 0 radical (unpaired) electrons. The van der Waals surface area contributed by atoms with Crippen molar-refractivity contribution in [2.24, 2.45) is 5.92 Å². The van der Waals surface area contributed by atoms with Crippen molar-refractivity contribution in [3.63, 3.8) is 0 Å². The quantitative estimate of drug-likeness (QED) is 0.427. The molecular weight excluding hydrogens is 520 g/mol. The fraction of sp³-hybridized carbons (Fsp3) is 0.417. The summed E-state index contributed by atoms with van der Waals surface area (Å²) < 4.78 is 16.5. The summed E-state index contributed by atoms with van der Waals surface area (Å²) >= 11 is 7.21. The van der Waals surface area contributed by atoms with Crippen molar-refractivity contribution >= 4 is 40.1 Å². The molecule has 11 nitrogen and oxygen atoms in total. The van der Waals surface area contributed by atoms with E-state index in [9.17, 15) is 9.59 Å². The van der Waals surface area contributed by atoms with E-state index in [0.29, 0.717) is 47.3 Å². The first-order chi connectivity index (χ1) is 17.5. The van der Waals surface area contributed by atoms with E-state index in [4.69, 9.17) is 25.8 Å². The third-order valence-electron chi connectivity index (χ3n) is 5.31. The van der Waals surface area contributed by atoms with Gasteiger partial charge < -0.3 is 19.1 Å². The van der Waals surface area contributed by atoms with Crippen molar-refractivity contribution in [3.05, 3.63) is 40.9 Å². The zero-order valence-electron chi connectivity index (χ0n) is 21.1. The Labute approximate surface area is 223 Å². The van der Waals surface area contributed by atoms with E-state index in [1.165, 1.54) is 19.5 Å². The van der Waals surface area contributed by atoms with Gasteiger partial charge in [0.1, 0.15) is 16.5 Å². The average molecular weight is 547 g/mol. The minimum Gasteiger partial charge on any atom is -0.494 e. The van der Waals surface area contributed by atoms with Crippen LogP contribution in [0.3, 0.4) is 0 Å². The lowest BCUT2D eigenvalue weighted by Gasteiger charge is -2.39. The van der Waals surface area contributed by atoms with Crippen LogP contribution < -0.4 is 14.8 Å². The number of anilines is 1. The molecule has 37 heavy (non-hydrogen) atoms. The summed E-state index contributed by atoms with van der Waals surface area (Å²) in [5.74, 6) is 0.210. The number of hydrogen-bond acceptors (Lipinski definition) is 10. The van der Waals surface area contributed by atoms with Crippen LogP contribution in [0.25, 0.3) is 11.1 Å². The number of pyridine rings is 2. The van der Waals surface area contributed by atoms with Gasteiger partial charge in [-0.15, -0.1) is 5.10 Å². The van der Waals surface area contributed by atoms with Gasteiger partial charge in [0, 0.05) is 42.0 Å². The SMILES string of the molecule is COc1cnc(Cl)cc1-c1cc(C)ncc1C(=O)Nc1nnc(OCC2CN(C(=O)OC(C)(C)C)C2)s1. The number of hydrogen-bond donors (Lipinski definition) is 1. The molecule has 3 aromatic rings. The van der Waals surface area contributed by atoms with Crippen LogP contribution in [0.5, 0.6) is 10.9 Å². The molecule has 1 fully saturated rings. The molecule has 0 aromatic carbocycles. The van der Waals surface area contributed by atoms with Crippen LogP contribution in [0.1, 0.15) is 36.8 Å². The number of halogens is 1. The number of aryl methyl sites for hydroxylation is 1. The zero-order valence-corrected chi connectivity index (χ0v) is 22.6. The van der Waals surface area contributed by atoms with E-state index >= 15 is 0 Å². The van der Waals surface area contributed by atoms with Gasteiger partial charge in [-0.2, -0.15) is 0 Å². The van der Waals surface area contributed by atoms with Gasteiger partial charge in [0.2, 0.25) is 5.13 Å². The van der Waals surface area contributed by atoms with Crippen LogP contribution in [0.15, 0.2) is 24.5 Å². The summed E-state index contributed by atoms with van der Waals surface area (Å²) in [6.45, 7) is 8.78. The summed E-state index contributed by atoms with van der Waals surface area (Å²) in [7, 11) is 1.52. The summed E-state index contributed by atoms with van der Waals surface area (Å²) in [5.41, 5.74) is 1.70. The number of amides is 2. The molecule has 2 amide bonds. The Bertz CT molecular complexity index is 1310. The van der Waals surface area contributed by atoms with E-state index in [1.807, 2.05) is 27.7 Å². The van der Waals surface area contributed by atoms with Crippen molar-refractivity contribution in [2.45, 2.75) is 33.3 Å². The van der Waals surface area contributed by atoms with Crippen LogP contribution in [-0.2, 0) is 4.74 Å². The Morgan fingerprint density at radius 3 is 2.62 bits per heavy atom. The Morgan fingerprint density at radius 2 is 1.92 bits per heavy atom. The highest BCUT2D eigenvalue weighted by Gasteiger charge is 2.34. The number of carbonyl (C=O) groups is 2. The van der Waals surface area contributed by atoms with Crippen LogP contribution in [0.2, 0.25) is 5.15 Å². The van der Waals surface area contributed by atoms with Gasteiger partial charge in [-0.3, -0.25) is 15.1 Å². The zero-order chi connectivity index (χ0) is 26.7. The van der Waals surface area contributed by atoms with Crippen molar-refractivity contribution in [1.29, 1.82) is 0 Å². The molecule has 1 saturated heterocycles. The highest BCUT2D eigenvalue weighted by atomic mass is 35.5. The molecule has 0 saturated carbocycles. The second-order valence-corrected chi connectivity index (χ2v) is 10.8. The molecule has 3 aromatic heterocycles. The van der Waals surface area contributed by atoms with E-state index in [-0.39, 0.29) is 22.3 Å². The first-order valence-electron chi connectivity index (χ1n) is 11.4. The van der Waals surface area contributed by atoms with Crippen LogP contribution >= 0.6 is 22.9 Å². The van der Waals surface area contributed by atoms with Gasteiger partial charge >= 0.3 is 6.09 Å². The molecule has 0 unspecified atom stereocenters. The molecule has 1 N–H and O–H groups in total. The minimum absolute atomic E-state index is 0.165. The number of carbonyl (C=O) groups excluding carboxylic acids is 2. The molecular formula is C24H27ClN6O5S. The molecule has 0 aliphatic carbocycles. The fourth-order valence-electron chi connectivity index (χ4n) is 3.58. The number of ether oxygens (including phenoxy) is 3. The first kappa shape index (κ1) is 26.6. The monoisotopic (exact) mass is 546 g/mol. The van der Waals surface area contributed by atoms with Crippen molar-refractivity contribution in [2.75, 3.05) is 32.1 Å². The van der Waals surface area contributed by atoms with Gasteiger partial charge in [-0.25, -0.2) is 9.78 Å².